The van der Waals surface area contributed by atoms with Crippen molar-refractivity contribution >= 4 is 67.0 Å². The van der Waals surface area contributed by atoms with E-state index in [0.29, 0.717) is 6.42 Å². The summed E-state index contributed by atoms with van der Waals surface area (Å²) >= 11 is 3.41. The first kappa shape index (κ1) is 23.0. The summed E-state index contributed by atoms with van der Waals surface area (Å²) in [7, 11) is 2.15. The molecule has 5 aromatic rings. The van der Waals surface area contributed by atoms with Gasteiger partial charge in [0.25, 0.3) is 0 Å². The third-order valence-electron chi connectivity index (χ3n) is 6.24. The summed E-state index contributed by atoms with van der Waals surface area (Å²) < 4.78 is 1.17. The first-order valence-electron chi connectivity index (χ1n) is 11.1. The van der Waals surface area contributed by atoms with Crippen molar-refractivity contribution in [3.05, 3.63) is 82.7 Å². The molecule has 0 aliphatic carbocycles. The van der Waals surface area contributed by atoms with Crippen molar-refractivity contribution in [3.63, 3.8) is 0 Å². The molecule has 0 saturated heterocycles. The van der Waals surface area contributed by atoms with Crippen molar-refractivity contribution in [2.45, 2.75) is 19.4 Å². The third-order valence-corrected chi connectivity index (χ3v) is 8.43. The Morgan fingerprint density at radius 2 is 1.82 bits per heavy atom. The average Bonchev–Trinajstić information content (AvgIpc) is 3.39. The van der Waals surface area contributed by atoms with Gasteiger partial charge in [-0.2, -0.15) is 0 Å². The highest BCUT2D eigenvalue weighted by atomic mass is 35.5. The molecule has 0 saturated carbocycles. The summed E-state index contributed by atoms with van der Waals surface area (Å²) in [6.45, 7) is 1.93. The van der Waals surface area contributed by atoms with Crippen LogP contribution < -0.4 is 5.32 Å². The number of thiazole rings is 1. The molecule has 1 aliphatic heterocycles. The fraction of sp³-hybridized carbons (Fsp3) is 0.185. The molecular weight excluding hydrogens is 482 g/mol. The van der Waals surface area contributed by atoms with Gasteiger partial charge < -0.3 is 10.2 Å². The molecule has 1 aliphatic rings. The van der Waals surface area contributed by atoms with E-state index in [2.05, 4.69) is 53.7 Å². The lowest BCUT2D eigenvalue weighted by atomic mass is 10.0. The van der Waals surface area contributed by atoms with Gasteiger partial charge in [-0.3, -0.25) is 4.79 Å². The predicted molar refractivity (Wildman–Crippen MR) is 147 cm³/mol. The van der Waals surface area contributed by atoms with E-state index < -0.39 is 0 Å². The lowest BCUT2D eigenvalue weighted by molar-refractivity contribution is -0.115. The standard InChI is InChI=1S/C27H23N3OS2.ClH/c1-30-14-13-20-23(16-30)33-27(25(20)26-28-21-11-4-5-12-22(21)32-26)29-24(31)15-18-9-6-8-17-7-2-3-10-19(17)18;/h2-12H,13-16H2,1H3,(H,29,31);1H. The van der Waals surface area contributed by atoms with E-state index in [0.717, 1.165) is 56.9 Å². The van der Waals surface area contributed by atoms with Crippen molar-refractivity contribution < 1.29 is 4.79 Å². The van der Waals surface area contributed by atoms with Crippen molar-refractivity contribution in [1.29, 1.82) is 0 Å². The zero-order valence-corrected chi connectivity index (χ0v) is 21.2. The van der Waals surface area contributed by atoms with Crippen LogP contribution in [0.25, 0.3) is 31.6 Å². The van der Waals surface area contributed by atoms with Crippen molar-refractivity contribution in [3.8, 4) is 10.6 Å². The molecule has 172 valence electrons. The summed E-state index contributed by atoms with van der Waals surface area (Å²) in [4.78, 5) is 21.8. The van der Waals surface area contributed by atoms with Crippen LogP contribution in [0.1, 0.15) is 16.0 Å². The fourth-order valence-corrected chi connectivity index (χ4v) is 7.07. The number of hydrogen-bond donors (Lipinski definition) is 1. The number of hydrogen-bond acceptors (Lipinski definition) is 5. The molecule has 0 spiro atoms. The van der Waals surface area contributed by atoms with Crippen LogP contribution in [0.4, 0.5) is 5.00 Å². The second-order valence-corrected chi connectivity index (χ2v) is 10.7. The number of aromatic nitrogens is 1. The lowest BCUT2D eigenvalue weighted by Crippen LogP contribution is -2.25. The van der Waals surface area contributed by atoms with Gasteiger partial charge in [-0.05, 0) is 47.5 Å². The minimum atomic E-state index is 0. The van der Waals surface area contributed by atoms with E-state index >= 15 is 0 Å². The number of likely N-dealkylation sites (N-methyl/N-ethyl adjacent to an activating group) is 1. The molecule has 0 unspecified atom stereocenters. The number of para-hydroxylation sites is 1. The molecule has 1 amide bonds. The van der Waals surface area contributed by atoms with E-state index in [9.17, 15) is 4.79 Å². The minimum Gasteiger partial charge on any atom is -0.317 e. The first-order chi connectivity index (χ1) is 16.2. The number of thiophene rings is 1. The van der Waals surface area contributed by atoms with Gasteiger partial charge in [0, 0.05) is 23.5 Å². The number of carbonyl (C=O) groups is 1. The van der Waals surface area contributed by atoms with Crippen molar-refractivity contribution in [2.75, 3.05) is 18.9 Å². The Hall–Kier alpha value is -2.77. The number of rotatable bonds is 4. The molecule has 2 aromatic heterocycles. The normalized spacial score (nSPS) is 13.6. The first-order valence-corrected chi connectivity index (χ1v) is 12.7. The highest BCUT2D eigenvalue weighted by molar-refractivity contribution is 7.22. The van der Waals surface area contributed by atoms with E-state index in [1.54, 1.807) is 22.7 Å². The van der Waals surface area contributed by atoms with Gasteiger partial charge in [0.1, 0.15) is 10.0 Å². The van der Waals surface area contributed by atoms with Crippen LogP contribution in [0.15, 0.2) is 66.7 Å². The van der Waals surface area contributed by atoms with Gasteiger partial charge in [-0.15, -0.1) is 35.1 Å². The Morgan fingerprint density at radius 3 is 2.71 bits per heavy atom. The lowest BCUT2D eigenvalue weighted by Gasteiger charge is -2.22. The minimum absolute atomic E-state index is 0. The van der Waals surface area contributed by atoms with Crippen LogP contribution >= 0.6 is 35.1 Å². The summed E-state index contributed by atoms with van der Waals surface area (Å²) in [6, 6.07) is 22.6. The molecule has 7 heteroatoms. The van der Waals surface area contributed by atoms with Crippen LogP contribution in [-0.4, -0.2) is 29.4 Å². The highest BCUT2D eigenvalue weighted by Gasteiger charge is 2.26. The monoisotopic (exact) mass is 505 g/mol. The largest absolute Gasteiger partial charge is 0.317 e. The molecule has 0 atom stereocenters. The Morgan fingerprint density at radius 1 is 1.03 bits per heavy atom. The van der Waals surface area contributed by atoms with Gasteiger partial charge in [0.05, 0.1) is 16.6 Å². The number of carbonyl (C=O) groups excluding carboxylic acids is 1. The molecule has 1 N–H and O–H groups in total. The van der Waals surface area contributed by atoms with Gasteiger partial charge in [0.2, 0.25) is 5.91 Å². The maximum Gasteiger partial charge on any atom is 0.229 e. The maximum absolute atomic E-state index is 13.2. The Bertz CT molecular complexity index is 1470. The molecule has 0 fully saturated rings. The number of nitrogens with zero attached hydrogens (tertiary/aromatic N) is 2. The highest BCUT2D eigenvalue weighted by Crippen LogP contribution is 2.45. The summed E-state index contributed by atoms with van der Waals surface area (Å²) in [5.41, 5.74) is 4.53. The topological polar surface area (TPSA) is 45.2 Å². The second-order valence-electron chi connectivity index (χ2n) is 8.55. The molecule has 4 nitrogen and oxygen atoms in total. The molecule has 34 heavy (non-hydrogen) atoms. The second kappa shape index (κ2) is 9.47. The number of benzene rings is 3. The van der Waals surface area contributed by atoms with Crippen LogP contribution in [0.5, 0.6) is 0 Å². The fourth-order valence-electron chi connectivity index (χ4n) is 4.62. The van der Waals surface area contributed by atoms with Crippen molar-refractivity contribution in [1.82, 2.24) is 9.88 Å². The van der Waals surface area contributed by atoms with Crippen LogP contribution in [0.2, 0.25) is 0 Å². The smallest absolute Gasteiger partial charge is 0.229 e. The zero-order valence-electron chi connectivity index (χ0n) is 18.7. The quantitative estimate of drug-likeness (QED) is 0.293. The number of amides is 1. The SMILES string of the molecule is CN1CCc2c(sc(NC(=O)Cc3cccc4ccccc34)c2-c2nc3ccccc3s2)C1.Cl. The summed E-state index contributed by atoms with van der Waals surface area (Å²) in [5.74, 6) is 0.0145. The predicted octanol–water partition coefficient (Wildman–Crippen LogP) is 6.77. The van der Waals surface area contributed by atoms with Gasteiger partial charge >= 0.3 is 0 Å². The zero-order chi connectivity index (χ0) is 22.4. The molecule has 0 radical (unpaired) electrons. The van der Waals surface area contributed by atoms with Crippen LogP contribution in [-0.2, 0) is 24.2 Å². The molecular formula is C27H24ClN3OS2. The molecule has 6 rings (SSSR count). The number of nitrogens with one attached hydrogen (secondary N) is 1. The Balaban J connectivity index is 0.00000241. The number of anilines is 1. The maximum atomic E-state index is 13.2. The summed E-state index contributed by atoms with van der Waals surface area (Å²) in [6.07, 6.45) is 1.33. The Labute approximate surface area is 212 Å². The number of halogens is 1. The van der Waals surface area contributed by atoms with E-state index in [-0.39, 0.29) is 18.3 Å². The average molecular weight is 506 g/mol. The van der Waals surface area contributed by atoms with E-state index in [1.807, 2.05) is 30.3 Å². The molecule has 3 aromatic carbocycles. The van der Waals surface area contributed by atoms with Crippen LogP contribution in [0.3, 0.4) is 0 Å². The van der Waals surface area contributed by atoms with Crippen LogP contribution in [0, 0.1) is 0 Å². The Kier molecular flexibility index (Phi) is 6.40. The van der Waals surface area contributed by atoms with Crippen molar-refractivity contribution in [2.24, 2.45) is 0 Å². The van der Waals surface area contributed by atoms with E-state index in [1.165, 1.54) is 15.1 Å². The van der Waals surface area contributed by atoms with Gasteiger partial charge in [-0.25, -0.2) is 4.98 Å². The third kappa shape index (κ3) is 4.23. The number of fused-ring (bicyclic) bond motifs is 3. The van der Waals surface area contributed by atoms with E-state index in [4.69, 9.17) is 4.98 Å². The van der Waals surface area contributed by atoms with Gasteiger partial charge in [0.15, 0.2) is 0 Å². The molecule has 3 heterocycles. The van der Waals surface area contributed by atoms with Gasteiger partial charge in [-0.1, -0.05) is 54.6 Å². The summed E-state index contributed by atoms with van der Waals surface area (Å²) in [5, 5.41) is 7.49. The molecule has 0 bridgehead atoms.